The highest BCUT2D eigenvalue weighted by atomic mass is 16.7. The van der Waals surface area contributed by atoms with Crippen LogP contribution in [-0.2, 0) is 14.4 Å². The molecule has 0 aromatic carbocycles. The quantitative estimate of drug-likeness (QED) is 0.664. The van der Waals surface area contributed by atoms with Gasteiger partial charge >= 0.3 is 0 Å². The van der Waals surface area contributed by atoms with Crippen LogP contribution in [0.15, 0.2) is 0 Å². The summed E-state index contributed by atoms with van der Waals surface area (Å²) in [5.41, 5.74) is -0.257. The van der Waals surface area contributed by atoms with Crippen molar-refractivity contribution in [2.45, 2.75) is 44.6 Å². The standard InChI is InChI=1S/C10H15NO3/c1-8(12)7-11-9(13)6-10(14-11)4-2-3-5-10/h2-7H2,1H3. The van der Waals surface area contributed by atoms with Gasteiger partial charge in [0.05, 0.1) is 6.42 Å². The van der Waals surface area contributed by atoms with Crippen LogP contribution in [0.25, 0.3) is 0 Å². The Labute approximate surface area is 83.2 Å². The fraction of sp³-hybridized carbons (Fsp3) is 0.800. The lowest BCUT2D eigenvalue weighted by atomic mass is 9.99. The van der Waals surface area contributed by atoms with Crippen molar-refractivity contribution >= 4 is 11.7 Å². The molecule has 0 aromatic rings. The van der Waals surface area contributed by atoms with Crippen LogP contribution in [-0.4, -0.2) is 28.9 Å². The van der Waals surface area contributed by atoms with Gasteiger partial charge in [-0.15, -0.1) is 0 Å². The van der Waals surface area contributed by atoms with E-state index < -0.39 is 0 Å². The number of hydroxylamine groups is 2. The van der Waals surface area contributed by atoms with Gasteiger partial charge in [-0.3, -0.25) is 14.4 Å². The molecule has 0 atom stereocenters. The lowest BCUT2D eigenvalue weighted by Crippen LogP contribution is -2.31. The van der Waals surface area contributed by atoms with E-state index in [0.29, 0.717) is 6.42 Å². The fourth-order valence-corrected chi connectivity index (χ4v) is 2.29. The maximum absolute atomic E-state index is 11.5. The maximum Gasteiger partial charge on any atom is 0.249 e. The number of Topliss-reactive ketones (excluding diaryl/α,β-unsaturated/α-hetero) is 1. The molecule has 78 valence electrons. The Morgan fingerprint density at radius 3 is 2.71 bits per heavy atom. The molecular formula is C10H15NO3. The van der Waals surface area contributed by atoms with Crippen molar-refractivity contribution in [3.63, 3.8) is 0 Å². The minimum atomic E-state index is -0.257. The van der Waals surface area contributed by atoms with Gasteiger partial charge in [-0.1, -0.05) is 12.8 Å². The van der Waals surface area contributed by atoms with Crippen molar-refractivity contribution in [2.24, 2.45) is 0 Å². The molecule has 1 amide bonds. The van der Waals surface area contributed by atoms with Gasteiger partial charge in [0.2, 0.25) is 5.91 Å². The van der Waals surface area contributed by atoms with E-state index in [1.165, 1.54) is 12.0 Å². The van der Waals surface area contributed by atoms with Crippen LogP contribution >= 0.6 is 0 Å². The van der Waals surface area contributed by atoms with E-state index in [4.69, 9.17) is 4.84 Å². The molecule has 0 N–H and O–H groups in total. The zero-order valence-electron chi connectivity index (χ0n) is 8.41. The van der Waals surface area contributed by atoms with Crippen LogP contribution in [0.5, 0.6) is 0 Å². The summed E-state index contributed by atoms with van der Waals surface area (Å²) in [6, 6.07) is 0. The highest BCUT2D eigenvalue weighted by Gasteiger charge is 2.46. The Morgan fingerprint density at radius 2 is 2.14 bits per heavy atom. The summed E-state index contributed by atoms with van der Waals surface area (Å²) in [7, 11) is 0. The predicted octanol–water partition coefficient (Wildman–Crippen LogP) is 1.05. The smallest absolute Gasteiger partial charge is 0.249 e. The molecule has 2 rings (SSSR count). The van der Waals surface area contributed by atoms with Gasteiger partial charge < -0.3 is 0 Å². The average molecular weight is 197 g/mol. The van der Waals surface area contributed by atoms with E-state index in [2.05, 4.69) is 0 Å². The average Bonchev–Trinajstić information content (AvgIpc) is 2.61. The van der Waals surface area contributed by atoms with Gasteiger partial charge in [-0.05, 0) is 19.8 Å². The molecule has 2 fully saturated rings. The normalized spacial score (nSPS) is 24.9. The second-order valence-corrected chi connectivity index (χ2v) is 4.29. The van der Waals surface area contributed by atoms with Crippen LogP contribution in [0.2, 0.25) is 0 Å². The highest BCUT2D eigenvalue weighted by Crippen LogP contribution is 2.41. The van der Waals surface area contributed by atoms with E-state index >= 15 is 0 Å². The maximum atomic E-state index is 11.5. The molecule has 14 heavy (non-hydrogen) atoms. The first-order chi connectivity index (χ1) is 6.61. The van der Waals surface area contributed by atoms with Crippen LogP contribution in [0, 0.1) is 0 Å². The summed E-state index contributed by atoms with van der Waals surface area (Å²) in [6.07, 6.45) is 4.61. The molecule has 4 nitrogen and oxygen atoms in total. The van der Waals surface area contributed by atoms with Crippen molar-refractivity contribution in [3.8, 4) is 0 Å². The lowest BCUT2D eigenvalue weighted by Gasteiger charge is -2.22. The summed E-state index contributed by atoms with van der Waals surface area (Å²) >= 11 is 0. The molecule has 0 unspecified atom stereocenters. The molecule has 0 radical (unpaired) electrons. The molecule has 1 aliphatic heterocycles. The minimum Gasteiger partial charge on any atom is -0.298 e. The number of rotatable bonds is 2. The number of carbonyl (C=O) groups excluding carboxylic acids is 2. The molecule has 1 saturated heterocycles. The third-order valence-electron chi connectivity index (χ3n) is 2.94. The van der Waals surface area contributed by atoms with Crippen molar-refractivity contribution < 1.29 is 14.4 Å². The van der Waals surface area contributed by atoms with Crippen molar-refractivity contribution in [1.29, 1.82) is 0 Å². The monoisotopic (exact) mass is 197 g/mol. The first kappa shape index (κ1) is 9.65. The van der Waals surface area contributed by atoms with E-state index in [1.807, 2.05) is 0 Å². The number of hydrogen-bond donors (Lipinski definition) is 0. The number of amides is 1. The van der Waals surface area contributed by atoms with Crippen molar-refractivity contribution in [2.75, 3.05) is 6.54 Å². The number of ketones is 1. The SMILES string of the molecule is CC(=O)CN1OC2(CCCC2)CC1=O. The van der Waals surface area contributed by atoms with Crippen LogP contribution in [0.4, 0.5) is 0 Å². The zero-order valence-corrected chi connectivity index (χ0v) is 8.41. The van der Waals surface area contributed by atoms with Crippen molar-refractivity contribution in [3.05, 3.63) is 0 Å². The molecule has 2 aliphatic rings. The topological polar surface area (TPSA) is 46.6 Å². The largest absolute Gasteiger partial charge is 0.298 e. The third-order valence-corrected chi connectivity index (χ3v) is 2.94. The number of hydrogen-bond acceptors (Lipinski definition) is 3. The lowest BCUT2D eigenvalue weighted by molar-refractivity contribution is -0.197. The van der Waals surface area contributed by atoms with Gasteiger partial charge in [0.1, 0.15) is 12.1 Å². The first-order valence-electron chi connectivity index (χ1n) is 5.10. The van der Waals surface area contributed by atoms with E-state index in [0.717, 1.165) is 25.7 Å². The first-order valence-corrected chi connectivity index (χ1v) is 5.10. The molecular weight excluding hydrogens is 182 g/mol. The summed E-state index contributed by atoms with van der Waals surface area (Å²) in [6.45, 7) is 1.57. The van der Waals surface area contributed by atoms with Crippen LogP contribution < -0.4 is 0 Å². The van der Waals surface area contributed by atoms with E-state index in [-0.39, 0.29) is 23.8 Å². The van der Waals surface area contributed by atoms with Gasteiger partial charge in [0.15, 0.2) is 5.78 Å². The summed E-state index contributed by atoms with van der Waals surface area (Å²) in [4.78, 5) is 28.0. The Bertz CT molecular complexity index is 269. The summed E-state index contributed by atoms with van der Waals surface area (Å²) < 4.78 is 0. The van der Waals surface area contributed by atoms with Crippen LogP contribution in [0.1, 0.15) is 39.0 Å². The van der Waals surface area contributed by atoms with Gasteiger partial charge in [-0.25, -0.2) is 5.06 Å². The Kier molecular flexibility index (Phi) is 2.31. The second kappa shape index (κ2) is 3.35. The summed E-state index contributed by atoms with van der Waals surface area (Å²) in [5.74, 6) is -0.0736. The predicted molar refractivity (Wildman–Crippen MR) is 49.3 cm³/mol. The van der Waals surface area contributed by atoms with E-state index in [1.54, 1.807) is 0 Å². The van der Waals surface area contributed by atoms with Gasteiger partial charge in [-0.2, -0.15) is 0 Å². The second-order valence-electron chi connectivity index (χ2n) is 4.29. The fourth-order valence-electron chi connectivity index (χ4n) is 2.29. The molecule has 0 aromatic heterocycles. The Balaban J connectivity index is 2.02. The Morgan fingerprint density at radius 1 is 1.50 bits per heavy atom. The summed E-state index contributed by atoms with van der Waals surface area (Å²) in [5, 5.41) is 1.24. The van der Waals surface area contributed by atoms with Crippen molar-refractivity contribution in [1.82, 2.24) is 5.06 Å². The molecule has 4 heteroatoms. The van der Waals surface area contributed by atoms with Gasteiger partial charge in [0, 0.05) is 0 Å². The molecule has 1 spiro atoms. The third kappa shape index (κ3) is 1.66. The van der Waals surface area contributed by atoms with Crippen LogP contribution in [0.3, 0.4) is 0 Å². The number of nitrogens with zero attached hydrogens (tertiary/aromatic N) is 1. The van der Waals surface area contributed by atoms with E-state index in [9.17, 15) is 9.59 Å². The highest BCUT2D eigenvalue weighted by molar-refractivity contribution is 5.85. The Hall–Kier alpha value is -0.900. The zero-order chi connectivity index (χ0) is 10.2. The minimum absolute atomic E-state index is 0.0339. The van der Waals surface area contributed by atoms with Gasteiger partial charge in [0.25, 0.3) is 0 Å². The molecule has 1 heterocycles. The number of carbonyl (C=O) groups is 2. The molecule has 0 bridgehead atoms. The molecule has 1 saturated carbocycles. The molecule has 1 aliphatic carbocycles.